The van der Waals surface area contributed by atoms with E-state index in [-0.39, 0.29) is 30.6 Å². The molecule has 2 aliphatic heterocycles. The first kappa shape index (κ1) is 18.0. The Balaban J connectivity index is 1.62. The molecule has 0 bridgehead atoms. The zero-order chi connectivity index (χ0) is 17.8. The summed E-state index contributed by atoms with van der Waals surface area (Å²) in [4.78, 5) is 26.3. The smallest absolute Gasteiger partial charge is 0.265 e. The van der Waals surface area contributed by atoms with Crippen molar-refractivity contribution in [3.8, 4) is 11.5 Å². The average molecular weight is 370 g/mol. The van der Waals surface area contributed by atoms with Crippen LogP contribution in [-0.2, 0) is 14.3 Å². The van der Waals surface area contributed by atoms with Crippen LogP contribution >= 0.6 is 11.3 Å². The van der Waals surface area contributed by atoms with Crippen molar-refractivity contribution >= 4 is 23.2 Å². The van der Waals surface area contributed by atoms with E-state index in [1.807, 2.05) is 0 Å². The molecule has 25 heavy (non-hydrogen) atoms. The van der Waals surface area contributed by atoms with Crippen molar-refractivity contribution in [3.05, 3.63) is 10.3 Å². The van der Waals surface area contributed by atoms with E-state index in [1.54, 1.807) is 19.5 Å². The summed E-state index contributed by atoms with van der Waals surface area (Å²) in [7, 11) is 3.34. The van der Waals surface area contributed by atoms with E-state index in [4.69, 9.17) is 18.9 Å². The van der Waals surface area contributed by atoms with Crippen LogP contribution in [0.2, 0.25) is 0 Å². The molecule has 3 heterocycles. The maximum Gasteiger partial charge on any atom is 0.265 e. The van der Waals surface area contributed by atoms with Crippen molar-refractivity contribution in [1.82, 2.24) is 10.2 Å². The number of likely N-dealkylation sites (N-methyl/N-ethyl adjacent to an activating group) is 1. The number of hydrogen-bond donors (Lipinski definition) is 1. The molecule has 3 rings (SSSR count). The zero-order valence-corrected chi connectivity index (χ0v) is 15.1. The third kappa shape index (κ3) is 4.23. The third-order valence-electron chi connectivity index (χ3n) is 4.05. The summed E-state index contributed by atoms with van der Waals surface area (Å²) < 4.78 is 22.1. The number of ether oxygens (including phenoxy) is 4. The van der Waals surface area contributed by atoms with E-state index in [2.05, 4.69) is 5.32 Å². The summed E-state index contributed by atoms with van der Waals surface area (Å²) in [6.07, 6.45) is 0.256. The van der Waals surface area contributed by atoms with Gasteiger partial charge in [-0.15, -0.1) is 11.3 Å². The summed E-state index contributed by atoms with van der Waals surface area (Å²) >= 11 is 1.29. The van der Waals surface area contributed by atoms with Crippen LogP contribution in [0.5, 0.6) is 11.5 Å². The highest BCUT2D eigenvalue weighted by Gasteiger charge is 2.31. The molecule has 0 radical (unpaired) electrons. The number of carbonyl (C=O) groups is 2. The first-order chi connectivity index (χ1) is 12.1. The Bertz CT molecular complexity index is 632. The fraction of sp³-hybridized carbons (Fsp3) is 0.625. The second-order valence-corrected chi connectivity index (χ2v) is 6.92. The summed E-state index contributed by atoms with van der Waals surface area (Å²) in [5, 5.41) is 4.76. The lowest BCUT2D eigenvalue weighted by Crippen LogP contribution is -2.50. The van der Waals surface area contributed by atoms with Crippen molar-refractivity contribution in [2.45, 2.75) is 18.6 Å². The first-order valence-corrected chi connectivity index (χ1v) is 9.01. The Morgan fingerprint density at radius 1 is 1.32 bits per heavy atom. The second kappa shape index (κ2) is 8.03. The highest BCUT2D eigenvalue weighted by atomic mass is 32.1. The van der Waals surface area contributed by atoms with Crippen molar-refractivity contribution in [2.24, 2.45) is 0 Å². The largest absolute Gasteiger partial charge is 0.485 e. The van der Waals surface area contributed by atoms with E-state index < -0.39 is 0 Å². The number of hydrogen-bond acceptors (Lipinski definition) is 7. The van der Waals surface area contributed by atoms with Gasteiger partial charge in [0.2, 0.25) is 5.91 Å². The van der Waals surface area contributed by atoms with Crippen molar-refractivity contribution in [1.29, 1.82) is 0 Å². The molecule has 1 saturated heterocycles. The van der Waals surface area contributed by atoms with Gasteiger partial charge in [0.15, 0.2) is 11.5 Å². The van der Waals surface area contributed by atoms with Crippen LogP contribution in [0.15, 0.2) is 5.38 Å². The SMILES string of the molecule is CN(C)C(=O)COC1COCCC1NC(=O)c1scc2c1OCCO2. The maximum atomic E-state index is 12.6. The van der Waals surface area contributed by atoms with Gasteiger partial charge in [-0.1, -0.05) is 0 Å². The van der Waals surface area contributed by atoms with Gasteiger partial charge >= 0.3 is 0 Å². The molecule has 0 aromatic carbocycles. The lowest BCUT2D eigenvalue weighted by Gasteiger charge is -2.32. The van der Waals surface area contributed by atoms with Crippen LogP contribution in [0.4, 0.5) is 0 Å². The Morgan fingerprint density at radius 3 is 2.92 bits per heavy atom. The number of nitrogens with one attached hydrogen (secondary N) is 1. The highest BCUT2D eigenvalue weighted by molar-refractivity contribution is 7.12. The Morgan fingerprint density at radius 2 is 2.12 bits per heavy atom. The van der Waals surface area contributed by atoms with Crippen molar-refractivity contribution in [3.63, 3.8) is 0 Å². The standard InChI is InChI=1S/C16H22N2O6S/c1-18(2)13(19)8-24-11-7-21-4-3-10(11)17-16(20)15-14-12(9-25-15)22-5-6-23-14/h9-11H,3-8H2,1-2H3,(H,17,20). The van der Waals surface area contributed by atoms with Crippen LogP contribution in [0.3, 0.4) is 0 Å². The molecule has 1 aromatic rings. The molecule has 0 aliphatic carbocycles. The van der Waals surface area contributed by atoms with Gasteiger partial charge < -0.3 is 29.2 Å². The van der Waals surface area contributed by atoms with Gasteiger partial charge in [-0.05, 0) is 6.42 Å². The molecule has 2 atom stereocenters. The van der Waals surface area contributed by atoms with Gasteiger partial charge in [0.1, 0.15) is 30.8 Å². The van der Waals surface area contributed by atoms with Gasteiger partial charge in [0.05, 0.1) is 12.6 Å². The summed E-state index contributed by atoms with van der Waals surface area (Å²) in [6, 6.07) is -0.224. The van der Waals surface area contributed by atoms with Gasteiger partial charge in [0, 0.05) is 26.1 Å². The van der Waals surface area contributed by atoms with Gasteiger partial charge in [-0.25, -0.2) is 0 Å². The second-order valence-electron chi connectivity index (χ2n) is 6.04. The number of carbonyl (C=O) groups excluding carboxylic acids is 2. The van der Waals surface area contributed by atoms with E-state index in [0.717, 1.165) is 0 Å². The van der Waals surface area contributed by atoms with E-state index >= 15 is 0 Å². The fourth-order valence-corrected chi connectivity index (χ4v) is 3.43. The number of fused-ring (bicyclic) bond motifs is 1. The molecule has 2 amide bonds. The summed E-state index contributed by atoms with van der Waals surface area (Å²) in [6.45, 7) is 1.75. The predicted molar refractivity (Wildman–Crippen MR) is 90.4 cm³/mol. The quantitative estimate of drug-likeness (QED) is 0.813. The van der Waals surface area contributed by atoms with E-state index in [9.17, 15) is 9.59 Å². The number of nitrogens with zero attached hydrogens (tertiary/aromatic N) is 1. The lowest BCUT2D eigenvalue weighted by molar-refractivity contribution is -0.140. The minimum absolute atomic E-state index is 0.0429. The van der Waals surface area contributed by atoms with Crippen LogP contribution in [0, 0.1) is 0 Å². The zero-order valence-electron chi connectivity index (χ0n) is 14.3. The molecule has 1 fully saturated rings. The normalized spacial score (nSPS) is 22.3. The van der Waals surface area contributed by atoms with Gasteiger partial charge in [0.25, 0.3) is 5.91 Å². The Kier molecular flexibility index (Phi) is 5.77. The fourth-order valence-electron chi connectivity index (χ4n) is 2.60. The lowest BCUT2D eigenvalue weighted by atomic mass is 10.1. The molecular formula is C16H22N2O6S. The molecule has 2 aliphatic rings. The molecule has 8 nitrogen and oxygen atoms in total. The topological polar surface area (TPSA) is 86.3 Å². The minimum Gasteiger partial charge on any atom is -0.485 e. The molecule has 1 aromatic heterocycles. The highest BCUT2D eigenvalue weighted by Crippen LogP contribution is 2.39. The summed E-state index contributed by atoms with van der Waals surface area (Å²) in [5.41, 5.74) is 0. The van der Waals surface area contributed by atoms with Crippen molar-refractivity contribution in [2.75, 3.05) is 47.1 Å². The molecule has 0 spiro atoms. The monoisotopic (exact) mass is 370 g/mol. The third-order valence-corrected chi connectivity index (χ3v) is 4.99. The molecule has 138 valence electrons. The van der Waals surface area contributed by atoms with Crippen LogP contribution < -0.4 is 14.8 Å². The van der Waals surface area contributed by atoms with Crippen molar-refractivity contribution < 1.29 is 28.5 Å². The Labute approximate surface area is 150 Å². The number of thiophene rings is 1. The minimum atomic E-state index is -0.366. The Hall–Kier alpha value is -1.84. The molecule has 1 N–H and O–H groups in total. The number of rotatable bonds is 5. The van der Waals surface area contributed by atoms with Gasteiger partial charge in [-0.2, -0.15) is 0 Å². The predicted octanol–water partition coefficient (Wildman–Crippen LogP) is 0.511. The van der Waals surface area contributed by atoms with E-state index in [0.29, 0.717) is 49.2 Å². The first-order valence-electron chi connectivity index (χ1n) is 8.13. The molecule has 2 unspecified atom stereocenters. The summed E-state index contributed by atoms with van der Waals surface area (Å²) in [5.74, 6) is 0.753. The van der Waals surface area contributed by atoms with Crippen LogP contribution in [0.25, 0.3) is 0 Å². The maximum absolute atomic E-state index is 12.6. The van der Waals surface area contributed by atoms with Gasteiger partial charge in [-0.3, -0.25) is 9.59 Å². The van der Waals surface area contributed by atoms with E-state index in [1.165, 1.54) is 16.2 Å². The molecule has 0 saturated carbocycles. The average Bonchev–Trinajstić information content (AvgIpc) is 3.04. The molecule has 9 heteroatoms. The van der Waals surface area contributed by atoms with Crippen LogP contribution in [-0.4, -0.2) is 76.0 Å². The van der Waals surface area contributed by atoms with Crippen LogP contribution in [0.1, 0.15) is 16.1 Å². The molecular weight excluding hydrogens is 348 g/mol. The number of amides is 2.